The zero-order valence-corrected chi connectivity index (χ0v) is 28.4. The third kappa shape index (κ3) is 8.55. The first-order chi connectivity index (χ1) is 22.1. The van der Waals surface area contributed by atoms with Crippen LogP contribution in [0, 0.1) is 6.92 Å². The molecule has 4 rings (SSSR count). The number of methoxy groups -OCH3 is 1. The summed E-state index contributed by atoms with van der Waals surface area (Å²) >= 11 is 9.41. The van der Waals surface area contributed by atoms with Crippen molar-refractivity contribution in [3.63, 3.8) is 0 Å². The fourth-order valence-electron chi connectivity index (χ4n) is 5.02. The van der Waals surface area contributed by atoms with E-state index in [4.69, 9.17) is 31.5 Å². The van der Waals surface area contributed by atoms with Crippen LogP contribution >= 0.6 is 27.5 Å². The third-order valence-corrected chi connectivity index (χ3v) is 8.41. The number of nitrogen functional groups attached to an aromatic ring is 1. The largest absolute Gasteiger partial charge is 0.497 e. The van der Waals surface area contributed by atoms with Gasteiger partial charge in [-0.05, 0) is 89.4 Å². The summed E-state index contributed by atoms with van der Waals surface area (Å²) in [7, 11) is 1.55. The van der Waals surface area contributed by atoms with Crippen molar-refractivity contribution in [3.05, 3.63) is 92.0 Å². The number of anilines is 1. The van der Waals surface area contributed by atoms with Gasteiger partial charge in [-0.15, -0.1) is 0 Å². The normalized spacial score (nSPS) is 11.2. The highest BCUT2D eigenvalue weighted by Crippen LogP contribution is 2.31. The molecule has 242 valence electrons. The molecule has 0 spiro atoms. The lowest BCUT2D eigenvalue weighted by atomic mass is 10.1. The Morgan fingerprint density at radius 1 is 0.978 bits per heavy atom. The van der Waals surface area contributed by atoms with E-state index in [2.05, 4.69) is 27.8 Å². The predicted molar refractivity (Wildman–Crippen MR) is 185 cm³/mol. The molecule has 0 saturated heterocycles. The Balaban J connectivity index is 1.39. The molecular formula is C35H37BrClN3O6. The minimum atomic E-state index is -0.582. The number of benzene rings is 3. The summed E-state index contributed by atoms with van der Waals surface area (Å²) in [6, 6.07) is 15.2. The molecule has 9 nitrogen and oxygen atoms in total. The zero-order valence-electron chi connectivity index (χ0n) is 26.1. The number of fused-ring (bicyclic) bond motifs is 1. The van der Waals surface area contributed by atoms with E-state index in [9.17, 15) is 14.4 Å². The number of hydrogen-bond acceptors (Lipinski definition) is 8. The Bertz CT molecular complexity index is 1750. The number of halogens is 2. The van der Waals surface area contributed by atoms with E-state index in [-0.39, 0.29) is 25.5 Å². The topological polar surface area (TPSA) is 122 Å². The fraction of sp³-hybridized carbons (Fsp3) is 0.314. The highest BCUT2D eigenvalue weighted by molar-refractivity contribution is 9.10. The number of nitrogens with two attached hydrogens (primary N) is 1. The lowest BCUT2D eigenvalue weighted by molar-refractivity contribution is -0.143. The molecule has 0 saturated carbocycles. The fourth-order valence-corrected chi connectivity index (χ4v) is 5.62. The first-order valence-corrected chi connectivity index (χ1v) is 16.2. The van der Waals surface area contributed by atoms with Gasteiger partial charge in [-0.2, -0.15) is 0 Å². The van der Waals surface area contributed by atoms with Crippen LogP contribution in [-0.2, 0) is 20.7 Å². The molecule has 0 aliphatic rings. The van der Waals surface area contributed by atoms with Crippen molar-refractivity contribution in [1.29, 1.82) is 0 Å². The van der Waals surface area contributed by atoms with E-state index < -0.39 is 11.9 Å². The average Bonchev–Trinajstić information content (AvgIpc) is 3.32. The number of esters is 2. The quantitative estimate of drug-likeness (QED) is 0.0620. The van der Waals surface area contributed by atoms with Gasteiger partial charge in [-0.3, -0.25) is 19.1 Å². The molecule has 11 heteroatoms. The number of carbonyl (C=O) groups excluding carboxylic acids is 3. The summed E-state index contributed by atoms with van der Waals surface area (Å²) in [5, 5.41) is 1.21. The van der Waals surface area contributed by atoms with Crippen LogP contribution in [0.4, 0.5) is 5.69 Å². The van der Waals surface area contributed by atoms with E-state index in [1.807, 2.05) is 0 Å². The average molecular weight is 711 g/mol. The number of nitrogens with zero attached hydrogens (tertiary/aromatic N) is 2. The lowest BCUT2D eigenvalue weighted by Crippen LogP contribution is -2.17. The Kier molecular flexibility index (Phi) is 12.4. The first kappa shape index (κ1) is 34.7. The Morgan fingerprint density at radius 3 is 2.43 bits per heavy atom. The number of unbranched alkanes of at least 4 members (excludes halogenated alkanes) is 3. The second kappa shape index (κ2) is 16.4. The Labute approximate surface area is 281 Å². The number of carbonyl (C=O) groups is 3. The van der Waals surface area contributed by atoms with Crippen molar-refractivity contribution in [1.82, 2.24) is 4.57 Å². The molecule has 0 aliphatic carbocycles. The van der Waals surface area contributed by atoms with Crippen molar-refractivity contribution in [2.24, 2.45) is 4.99 Å². The van der Waals surface area contributed by atoms with Gasteiger partial charge in [-0.25, -0.2) is 4.79 Å². The van der Waals surface area contributed by atoms with Crippen LogP contribution in [0.2, 0.25) is 5.02 Å². The molecule has 3 aromatic carbocycles. The van der Waals surface area contributed by atoms with Crippen LogP contribution in [0.3, 0.4) is 0 Å². The lowest BCUT2D eigenvalue weighted by Gasteiger charge is -2.10. The van der Waals surface area contributed by atoms with Crippen LogP contribution in [0.1, 0.15) is 70.1 Å². The van der Waals surface area contributed by atoms with Gasteiger partial charge in [0, 0.05) is 44.5 Å². The highest BCUT2D eigenvalue weighted by atomic mass is 79.9. The molecule has 1 aromatic heterocycles. The van der Waals surface area contributed by atoms with E-state index >= 15 is 0 Å². The monoisotopic (exact) mass is 709 g/mol. The molecule has 0 atom stereocenters. The minimum Gasteiger partial charge on any atom is -0.497 e. The molecule has 2 N–H and O–H groups in total. The Morgan fingerprint density at radius 2 is 1.72 bits per heavy atom. The second-order valence-electron chi connectivity index (χ2n) is 10.7. The van der Waals surface area contributed by atoms with E-state index in [0.29, 0.717) is 66.3 Å². The van der Waals surface area contributed by atoms with Crippen LogP contribution in [0.5, 0.6) is 5.75 Å². The maximum atomic E-state index is 13.5. The standard InChI is InChI=1S/C35H37BrClN3O6/c1-4-5-6-7-14-39-21-25-17-24(18-30(36)33(25)38)35(43)46-16-15-45-32(41)20-28-22(2)40(31-13-12-27(44-3)19-29(28)31)34(42)23-8-10-26(37)11-9-23/h8-13,17-19,21H,4-7,14-16,20,38H2,1-3H3. The summed E-state index contributed by atoms with van der Waals surface area (Å²) in [5.41, 5.74) is 9.86. The molecular weight excluding hydrogens is 674 g/mol. The first-order valence-electron chi connectivity index (χ1n) is 15.0. The number of hydrogen-bond donors (Lipinski definition) is 1. The predicted octanol–water partition coefficient (Wildman–Crippen LogP) is 7.59. The number of rotatable bonds is 14. The van der Waals surface area contributed by atoms with Gasteiger partial charge in [0.05, 0.1) is 30.3 Å². The summed E-state index contributed by atoms with van der Waals surface area (Å²) in [5.74, 6) is -0.791. The van der Waals surface area contributed by atoms with Gasteiger partial charge in [0.15, 0.2) is 0 Å². The van der Waals surface area contributed by atoms with E-state index in [0.717, 1.165) is 19.3 Å². The van der Waals surface area contributed by atoms with Crippen LogP contribution in [-0.4, -0.2) is 55.5 Å². The molecule has 1 heterocycles. The van der Waals surface area contributed by atoms with E-state index in [1.54, 1.807) is 79.4 Å². The molecule has 0 bridgehead atoms. The van der Waals surface area contributed by atoms with Gasteiger partial charge < -0.3 is 19.9 Å². The number of aliphatic imine (C=N–C) groups is 1. The molecule has 0 aliphatic heterocycles. The van der Waals surface area contributed by atoms with Crippen LogP contribution in [0.25, 0.3) is 10.9 Å². The Hall–Kier alpha value is -4.15. The van der Waals surface area contributed by atoms with Crippen molar-refractivity contribution in [2.75, 3.05) is 32.6 Å². The maximum absolute atomic E-state index is 13.5. The van der Waals surface area contributed by atoms with Gasteiger partial charge in [0.1, 0.15) is 19.0 Å². The molecule has 0 radical (unpaired) electrons. The maximum Gasteiger partial charge on any atom is 0.338 e. The second-order valence-corrected chi connectivity index (χ2v) is 12.0. The van der Waals surface area contributed by atoms with Gasteiger partial charge in [0.25, 0.3) is 5.91 Å². The molecule has 0 amide bonds. The van der Waals surface area contributed by atoms with Crippen LogP contribution in [0.15, 0.2) is 64.1 Å². The van der Waals surface area contributed by atoms with Crippen molar-refractivity contribution >= 4 is 68.2 Å². The number of ether oxygens (including phenoxy) is 3. The molecule has 0 unspecified atom stereocenters. The summed E-state index contributed by atoms with van der Waals surface area (Å²) in [6.07, 6.45) is 6.00. The summed E-state index contributed by atoms with van der Waals surface area (Å²) in [6.45, 7) is 4.34. The third-order valence-electron chi connectivity index (χ3n) is 7.51. The zero-order chi connectivity index (χ0) is 33.2. The summed E-state index contributed by atoms with van der Waals surface area (Å²) in [4.78, 5) is 43.7. The smallest absolute Gasteiger partial charge is 0.338 e. The highest BCUT2D eigenvalue weighted by Gasteiger charge is 2.23. The minimum absolute atomic E-state index is 0.101. The van der Waals surface area contributed by atoms with Gasteiger partial charge in [-0.1, -0.05) is 37.8 Å². The van der Waals surface area contributed by atoms with Crippen molar-refractivity contribution < 1.29 is 28.6 Å². The summed E-state index contributed by atoms with van der Waals surface area (Å²) < 4.78 is 18.3. The molecule has 46 heavy (non-hydrogen) atoms. The SMILES string of the molecule is CCCCCCN=Cc1cc(C(=O)OCCOC(=O)Cc2c(C)n(C(=O)c3ccc(Cl)cc3)c3ccc(OC)cc23)cc(Br)c1N. The number of aromatic nitrogens is 1. The van der Waals surface area contributed by atoms with Crippen molar-refractivity contribution in [2.45, 2.75) is 46.0 Å². The van der Waals surface area contributed by atoms with Gasteiger partial charge >= 0.3 is 11.9 Å². The van der Waals surface area contributed by atoms with Crippen LogP contribution < -0.4 is 10.5 Å². The molecule has 4 aromatic rings. The van der Waals surface area contributed by atoms with E-state index in [1.165, 1.54) is 6.42 Å². The molecule has 0 fully saturated rings. The van der Waals surface area contributed by atoms with Crippen molar-refractivity contribution in [3.8, 4) is 5.75 Å². The van der Waals surface area contributed by atoms with Gasteiger partial charge in [0.2, 0.25) is 0 Å².